The molecule has 0 saturated carbocycles. The Balaban J connectivity index is 2.02. The number of carbonyl (C=O) groups excluding carboxylic acids is 2. The highest BCUT2D eigenvalue weighted by molar-refractivity contribution is 6.30. The summed E-state index contributed by atoms with van der Waals surface area (Å²) in [5.41, 5.74) is 1.60. The molecule has 0 saturated heterocycles. The number of carbonyl (C=O) groups is 2. The smallest absolute Gasteiger partial charge is 0.323 e. The highest BCUT2D eigenvalue weighted by Gasteiger charge is 2.09. The molecule has 5 nitrogen and oxygen atoms in total. The SMILES string of the molecule is CC(C)NC(=O)c1cccc(NC(=O)Nc2cccc(Cl)c2)c1. The molecule has 0 aliphatic carbocycles. The third-order valence-electron chi connectivity index (χ3n) is 2.88. The van der Waals surface area contributed by atoms with Gasteiger partial charge in [-0.25, -0.2) is 4.79 Å². The molecule has 0 spiro atoms. The van der Waals surface area contributed by atoms with E-state index in [1.165, 1.54) is 0 Å². The number of rotatable bonds is 4. The quantitative estimate of drug-likeness (QED) is 0.788. The molecule has 2 rings (SSSR count). The fourth-order valence-electron chi connectivity index (χ4n) is 1.94. The van der Waals surface area contributed by atoms with E-state index in [0.29, 0.717) is 22.0 Å². The lowest BCUT2D eigenvalue weighted by atomic mass is 10.2. The van der Waals surface area contributed by atoms with Crippen LogP contribution in [0.1, 0.15) is 24.2 Å². The maximum atomic E-state index is 12.0. The zero-order valence-electron chi connectivity index (χ0n) is 12.9. The fraction of sp³-hybridized carbons (Fsp3) is 0.176. The van der Waals surface area contributed by atoms with Gasteiger partial charge in [0.25, 0.3) is 5.91 Å². The van der Waals surface area contributed by atoms with E-state index >= 15 is 0 Å². The molecule has 0 bridgehead atoms. The minimum absolute atomic E-state index is 0.0465. The van der Waals surface area contributed by atoms with Gasteiger partial charge < -0.3 is 16.0 Å². The van der Waals surface area contributed by atoms with Crippen LogP contribution in [-0.4, -0.2) is 18.0 Å². The van der Waals surface area contributed by atoms with Gasteiger partial charge in [0, 0.05) is 28.0 Å². The topological polar surface area (TPSA) is 70.2 Å². The van der Waals surface area contributed by atoms with Gasteiger partial charge in [-0.1, -0.05) is 23.7 Å². The van der Waals surface area contributed by atoms with Crippen LogP contribution in [0, 0.1) is 0 Å². The third-order valence-corrected chi connectivity index (χ3v) is 3.12. The Hall–Kier alpha value is -2.53. The van der Waals surface area contributed by atoms with E-state index in [9.17, 15) is 9.59 Å². The van der Waals surface area contributed by atoms with Gasteiger partial charge in [-0.05, 0) is 50.2 Å². The molecule has 23 heavy (non-hydrogen) atoms. The summed E-state index contributed by atoms with van der Waals surface area (Å²) in [5, 5.41) is 8.70. The molecule has 6 heteroatoms. The second kappa shape index (κ2) is 7.65. The summed E-state index contributed by atoms with van der Waals surface area (Å²) in [6.07, 6.45) is 0. The molecule has 0 heterocycles. The lowest BCUT2D eigenvalue weighted by molar-refractivity contribution is 0.0943. The van der Waals surface area contributed by atoms with E-state index in [1.54, 1.807) is 48.5 Å². The predicted molar refractivity (Wildman–Crippen MR) is 93.1 cm³/mol. The van der Waals surface area contributed by atoms with Crippen molar-refractivity contribution < 1.29 is 9.59 Å². The van der Waals surface area contributed by atoms with Gasteiger partial charge in [0.1, 0.15) is 0 Å². The first kappa shape index (κ1) is 16.8. The van der Waals surface area contributed by atoms with Crippen LogP contribution in [-0.2, 0) is 0 Å². The van der Waals surface area contributed by atoms with Gasteiger partial charge in [-0.15, -0.1) is 0 Å². The Labute approximate surface area is 140 Å². The van der Waals surface area contributed by atoms with E-state index in [1.807, 2.05) is 13.8 Å². The van der Waals surface area contributed by atoms with Crippen LogP contribution in [0.3, 0.4) is 0 Å². The number of urea groups is 1. The van der Waals surface area contributed by atoms with E-state index < -0.39 is 6.03 Å². The van der Waals surface area contributed by atoms with Crippen LogP contribution in [0.15, 0.2) is 48.5 Å². The molecular formula is C17H18ClN3O2. The Morgan fingerprint density at radius 3 is 2.17 bits per heavy atom. The maximum absolute atomic E-state index is 12.0. The van der Waals surface area contributed by atoms with Crippen molar-refractivity contribution in [2.75, 3.05) is 10.6 Å². The fourth-order valence-corrected chi connectivity index (χ4v) is 2.13. The number of halogens is 1. The molecule has 2 aromatic carbocycles. The van der Waals surface area contributed by atoms with Crippen molar-refractivity contribution in [2.45, 2.75) is 19.9 Å². The van der Waals surface area contributed by atoms with E-state index in [2.05, 4.69) is 16.0 Å². The molecule has 0 aliphatic rings. The summed E-state index contributed by atoms with van der Waals surface area (Å²) >= 11 is 5.87. The predicted octanol–water partition coefficient (Wildman–Crippen LogP) is 4.12. The number of benzene rings is 2. The standard InChI is InChI=1S/C17H18ClN3O2/c1-11(2)19-16(22)12-5-3-7-14(9-12)20-17(23)21-15-8-4-6-13(18)10-15/h3-11H,1-2H3,(H,19,22)(H2,20,21,23). The molecule has 0 aromatic heterocycles. The van der Waals surface area contributed by atoms with E-state index in [-0.39, 0.29) is 11.9 Å². The van der Waals surface area contributed by atoms with Gasteiger partial charge in [0.05, 0.1) is 0 Å². The van der Waals surface area contributed by atoms with Crippen LogP contribution < -0.4 is 16.0 Å². The minimum Gasteiger partial charge on any atom is -0.350 e. The third kappa shape index (κ3) is 5.30. The average Bonchev–Trinajstić information content (AvgIpc) is 2.46. The first-order chi connectivity index (χ1) is 10.9. The van der Waals surface area contributed by atoms with Gasteiger partial charge in [-0.2, -0.15) is 0 Å². The molecular weight excluding hydrogens is 314 g/mol. The number of nitrogens with one attached hydrogen (secondary N) is 3. The molecule has 2 aromatic rings. The van der Waals surface area contributed by atoms with E-state index in [0.717, 1.165) is 0 Å². The Bertz CT molecular complexity index is 716. The van der Waals surface area contributed by atoms with Crippen LogP contribution >= 0.6 is 11.6 Å². The monoisotopic (exact) mass is 331 g/mol. The molecule has 0 radical (unpaired) electrons. The van der Waals surface area contributed by atoms with Gasteiger partial charge in [0.15, 0.2) is 0 Å². The first-order valence-corrected chi connectivity index (χ1v) is 7.56. The molecule has 120 valence electrons. The van der Waals surface area contributed by atoms with Crippen molar-refractivity contribution in [2.24, 2.45) is 0 Å². The zero-order chi connectivity index (χ0) is 16.8. The lowest BCUT2D eigenvalue weighted by Gasteiger charge is -2.11. The Morgan fingerprint density at radius 2 is 1.57 bits per heavy atom. The van der Waals surface area contributed by atoms with Crippen LogP contribution in [0.25, 0.3) is 0 Å². The van der Waals surface area contributed by atoms with Gasteiger partial charge in [0.2, 0.25) is 0 Å². The van der Waals surface area contributed by atoms with Crippen LogP contribution in [0.5, 0.6) is 0 Å². The second-order valence-electron chi connectivity index (χ2n) is 5.30. The molecule has 0 unspecified atom stereocenters. The first-order valence-electron chi connectivity index (χ1n) is 7.18. The highest BCUT2D eigenvalue weighted by Crippen LogP contribution is 2.16. The lowest BCUT2D eigenvalue weighted by Crippen LogP contribution is -2.30. The minimum atomic E-state index is -0.409. The maximum Gasteiger partial charge on any atom is 0.323 e. The second-order valence-corrected chi connectivity index (χ2v) is 5.73. The Morgan fingerprint density at radius 1 is 0.957 bits per heavy atom. The van der Waals surface area contributed by atoms with Crippen molar-refractivity contribution in [3.8, 4) is 0 Å². The van der Waals surface area contributed by atoms with Crippen LogP contribution in [0.2, 0.25) is 5.02 Å². The summed E-state index contributed by atoms with van der Waals surface area (Å²) in [4.78, 5) is 24.0. The average molecular weight is 332 g/mol. The van der Waals surface area contributed by atoms with Crippen molar-refractivity contribution in [3.05, 3.63) is 59.1 Å². The van der Waals surface area contributed by atoms with Gasteiger partial charge in [-0.3, -0.25) is 4.79 Å². The summed E-state index contributed by atoms with van der Waals surface area (Å²) in [5.74, 6) is -0.182. The summed E-state index contributed by atoms with van der Waals surface area (Å²) in [6.45, 7) is 3.77. The summed E-state index contributed by atoms with van der Waals surface area (Å²) in [6, 6.07) is 13.2. The zero-order valence-corrected chi connectivity index (χ0v) is 13.6. The normalized spacial score (nSPS) is 10.3. The number of amides is 3. The molecule has 0 atom stereocenters. The van der Waals surface area contributed by atoms with Gasteiger partial charge >= 0.3 is 6.03 Å². The Kier molecular flexibility index (Phi) is 5.60. The summed E-state index contributed by atoms with van der Waals surface area (Å²) < 4.78 is 0. The molecule has 0 fully saturated rings. The van der Waals surface area contributed by atoms with Crippen molar-refractivity contribution >= 4 is 34.9 Å². The van der Waals surface area contributed by atoms with E-state index in [4.69, 9.17) is 11.6 Å². The molecule has 0 aliphatic heterocycles. The van der Waals surface area contributed by atoms with Crippen molar-refractivity contribution in [3.63, 3.8) is 0 Å². The highest BCUT2D eigenvalue weighted by atomic mass is 35.5. The summed E-state index contributed by atoms with van der Waals surface area (Å²) in [7, 11) is 0. The molecule has 3 amide bonds. The molecule has 3 N–H and O–H groups in total. The number of hydrogen-bond acceptors (Lipinski definition) is 2. The van der Waals surface area contributed by atoms with Crippen LogP contribution in [0.4, 0.5) is 16.2 Å². The largest absolute Gasteiger partial charge is 0.350 e. The van der Waals surface area contributed by atoms with Crippen molar-refractivity contribution in [1.82, 2.24) is 5.32 Å². The number of anilines is 2. The number of hydrogen-bond donors (Lipinski definition) is 3. The van der Waals surface area contributed by atoms with Crippen molar-refractivity contribution in [1.29, 1.82) is 0 Å².